The van der Waals surface area contributed by atoms with E-state index in [-0.39, 0.29) is 18.0 Å². The summed E-state index contributed by atoms with van der Waals surface area (Å²) in [5, 5.41) is 1.81. The lowest BCUT2D eigenvalue weighted by molar-refractivity contribution is 0.210. The molecule has 3 nitrogen and oxygen atoms in total. The summed E-state index contributed by atoms with van der Waals surface area (Å²) in [4.78, 5) is 15.4. The van der Waals surface area contributed by atoms with E-state index in [2.05, 4.69) is 37.8 Å². The predicted octanol–water partition coefficient (Wildman–Crippen LogP) is 4.82. The van der Waals surface area contributed by atoms with E-state index in [1.54, 1.807) is 0 Å². The maximum absolute atomic E-state index is 13.0. The van der Waals surface area contributed by atoms with Crippen molar-refractivity contribution in [2.75, 3.05) is 13.1 Å². The first-order chi connectivity index (χ1) is 12.2. The van der Waals surface area contributed by atoms with Gasteiger partial charge in [-0.25, -0.2) is 0 Å². The molecule has 138 valence electrons. The zero-order valence-corrected chi connectivity index (χ0v) is 16.5. The molecule has 0 bridgehead atoms. The van der Waals surface area contributed by atoms with Gasteiger partial charge in [-0.05, 0) is 37.0 Å². The Hall–Kier alpha value is -2.10. The van der Waals surface area contributed by atoms with Gasteiger partial charge in [-0.3, -0.25) is 9.69 Å². The fourth-order valence-corrected chi connectivity index (χ4v) is 3.57. The van der Waals surface area contributed by atoms with Gasteiger partial charge in [0.05, 0.1) is 0 Å². The van der Waals surface area contributed by atoms with Gasteiger partial charge in [-0.1, -0.05) is 62.4 Å². The van der Waals surface area contributed by atoms with Gasteiger partial charge in [0.1, 0.15) is 0 Å². The topological polar surface area (TPSA) is 25.2 Å². The van der Waals surface area contributed by atoms with Crippen molar-refractivity contribution < 1.29 is 0 Å². The molecule has 1 aromatic heterocycles. The van der Waals surface area contributed by atoms with Crippen LogP contribution in [0.4, 0.5) is 0 Å². The second-order valence-electron chi connectivity index (χ2n) is 6.48. The van der Waals surface area contributed by atoms with Crippen LogP contribution < -0.4 is 5.56 Å². The first kappa shape index (κ1) is 20.2. The van der Waals surface area contributed by atoms with E-state index in [1.807, 2.05) is 53.2 Å². The molecule has 0 saturated carbocycles. The fraction of sp³-hybridized carbons (Fsp3) is 0.318. The molecule has 0 N–H and O–H groups in total. The minimum Gasteiger partial charge on any atom is -0.313 e. The Morgan fingerprint density at radius 2 is 1.50 bits per heavy atom. The number of aromatic nitrogens is 1. The molecule has 0 saturated heterocycles. The van der Waals surface area contributed by atoms with Crippen molar-refractivity contribution in [3.8, 4) is 11.1 Å². The molecule has 26 heavy (non-hydrogen) atoms. The Morgan fingerprint density at radius 1 is 0.923 bits per heavy atom. The molecule has 0 aliphatic heterocycles. The maximum atomic E-state index is 13.0. The Labute approximate surface area is 161 Å². The third-order valence-corrected chi connectivity index (χ3v) is 4.97. The average Bonchev–Trinajstić information content (AvgIpc) is 2.66. The summed E-state index contributed by atoms with van der Waals surface area (Å²) in [5.74, 6) is 0. The van der Waals surface area contributed by atoms with Crippen LogP contribution in [0.25, 0.3) is 21.9 Å². The van der Waals surface area contributed by atoms with Crippen LogP contribution >= 0.6 is 12.4 Å². The summed E-state index contributed by atoms with van der Waals surface area (Å²) in [6.45, 7) is 9.20. The van der Waals surface area contributed by atoms with Crippen LogP contribution in [0.3, 0.4) is 0 Å². The van der Waals surface area contributed by atoms with Crippen molar-refractivity contribution in [2.45, 2.75) is 33.4 Å². The smallest absolute Gasteiger partial charge is 0.258 e. The lowest BCUT2D eigenvalue weighted by Crippen LogP contribution is -2.38. The van der Waals surface area contributed by atoms with Crippen molar-refractivity contribution in [3.63, 3.8) is 0 Å². The molecule has 0 aliphatic carbocycles. The second-order valence-corrected chi connectivity index (χ2v) is 6.48. The van der Waals surface area contributed by atoms with E-state index >= 15 is 0 Å². The molecular formula is C22H27ClN2O. The highest BCUT2D eigenvalue weighted by Gasteiger charge is 2.15. The highest BCUT2D eigenvalue weighted by molar-refractivity contribution is 5.95. The van der Waals surface area contributed by atoms with Crippen LogP contribution in [0, 0.1) is 0 Å². The van der Waals surface area contributed by atoms with Gasteiger partial charge in [0.15, 0.2) is 0 Å². The summed E-state index contributed by atoms with van der Waals surface area (Å²) in [6, 6.07) is 18.5. The van der Waals surface area contributed by atoms with E-state index in [1.165, 1.54) is 0 Å². The van der Waals surface area contributed by atoms with Gasteiger partial charge >= 0.3 is 0 Å². The lowest BCUT2D eigenvalue weighted by atomic mass is 10.0. The number of likely N-dealkylation sites (N-methyl/N-ethyl adjacent to an activating group) is 1. The van der Waals surface area contributed by atoms with Gasteiger partial charge in [-0.15, -0.1) is 12.4 Å². The number of nitrogens with zero attached hydrogens (tertiary/aromatic N) is 2. The number of hydrogen-bond donors (Lipinski definition) is 0. The molecule has 0 radical (unpaired) electrons. The summed E-state index contributed by atoms with van der Waals surface area (Å²) in [6.07, 6.45) is 2.03. The molecule has 3 aromatic rings. The number of hydrogen-bond acceptors (Lipinski definition) is 2. The van der Waals surface area contributed by atoms with Crippen LogP contribution in [-0.4, -0.2) is 28.6 Å². The van der Waals surface area contributed by atoms with Crippen molar-refractivity contribution in [3.05, 3.63) is 71.1 Å². The highest BCUT2D eigenvalue weighted by Crippen LogP contribution is 2.26. The molecule has 0 spiro atoms. The molecule has 0 amide bonds. The van der Waals surface area contributed by atoms with Crippen LogP contribution in [0.1, 0.15) is 20.8 Å². The zero-order valence-electron chi connectivity index (χ0n) is 15.7. The molecule has 3 rings (SSSR count). The Balaban J connectivity index is 0.00000243. The van der Waals surface area contributed by atoms with Gasteiger partial charge < -0.3 is 4.57 Å². The number of pyridine rings is 1. The quantitative estimate of drug-likeness (QED) is 0.621. The van der Waals surface area contributed by atoms with E-state index in [4.69, 9.17) is 0 Å². The van der Waals surface area contributed by atoms with Crippen molar-refractivity contribution in [1.29, 1.82) is 0 Å². The molecule has 2 aromatic carbocycles. The summed E-state index contributed by atoms with van der Waals surface area (Å²) >= 11 is 0. The summed E-state index contributed by atoms with van der Waals surface area (Å²) in [5.41, 5.74) is 2.35. The predicted molar refractivity (Wildman–Crippen MR) is 113 cm³/mol. The molecule has 1 heterocycles. The van der Waals surface area contributed by atoms with E-state index in [9.17, 15) is 4.79 Å². The molecule has 0 aliphatic rings. The lowest BCUT2D eigenvalue weighted by Gasteiger charge is -2.27. The first-order valence-electron chi connectivity index (χ1n) is 9.07. The van der Waals surface area contributed by atoms with Crippen LogP contribution in [0.5, 0.6) is 0 Å². The largest absolute Gasteiger partial charge is 0.313 e. The van der Waals surface area contributed by atoms with Crippen LogP contribution in [-0.2, 0) is 6.54 Å². The number of rotatable bonds is 6. The molecule has 4 heteroatoms. The Morgan fingerprint density at radius 3 is 2.12 bits per heavy atom. The zero-order chi connectivity index (χ0) is 17.8. The minimum absolute atomic E-state index is 0. The Kier molecular flexibility index (Phi) is 7.01. The normalized spacial score (nSPS) is 12.2. The monoisotopic (exact) mass is 370 g/mol. The van der Waals surface area contributed by atoms with Gasteiger partial charge in [-0.2, -0.15) is 0 Å². The standard InChI is InChI=1S/C22H26N2O.ClH/c1-4-23(5-2)17(3)15-24-16-21(18-11-7-6-8-12-18)19-13-9-10-14-20(19)22(24)25;/h6-14,16-17H,4-5,15H2,1-3H3;1H. The SMILES string of the molecule is CCN(CC)C(C)Cn1cc(-c2ccccc2)c2ccccc2c1=O.Cl. The number of fused-ring (bicyclic) bond motifs is 1. The van der Waals surface area contributed by atoms with Gasteiger partial charge in [0, 0.05) is 29.7 Å². The summed E-state index contributed by atoms with van der Waals surface area (Å²) < 4.78 is 1.88. The van der Waals surface area contributed by atoms with Crippen molar-refractivity contribution in [1.82, 2.24) is 9.47 Å². The number of benzene rings is 2. The second kappa shape index (κ2) is 9.02. The molecule has 1 atom stereocenters. The van der Waals surface area contributed by atoms with E-state index in [0.717, 1.165) is 35.0 Å². The minimum atomic E-state index is 0. The van der Waals surface area contributed by atoms with Gasteiger partial charge in [0.2, 0.25) is 0 Å². The van der Waals surface area contributed by atoms with E-state index in [0.29, 0.717) is 12.6 Å². The third-order valence-electron chi connectivity index (χ3n) is 4.97. The summed E-state index contributed by atoms with van der Waals surface area (Å²) in [7, 11) is 0. The highest BCUT2D eigenvalue weighted by atomic mass is 35.5. The Bertz CT molecular complexity index is 901. The van der Waals surface area contributed by atoms with E-state index < -0.39 is 0 Å². The van der Waals surface area contributed by atoms with Crippen molar-refractivity contribution in [2.24, 2.45) is 0 Å². The van der Waals surface area contributed by atoms with Crippen LogP contribution in [0.15, 0.2) is 65.6 Å². The molecule has 1 unspecified atom stereocenters. The molecule has 0 fully saturated rings. The average molecular weight is 371 g/mol. The van der Waals surface area contributed by atoms with Crippen molar-refractivity contribution >= 4 is 23.2 Å². The van der Waals surface area contributed by atoms with Gasteiger partial charge in [0.25, 0.3) is 5.56 Å². The first-order valence-corrected chi connectivity index (χ1v) is 9.07. The van der Waals surface area contributed by atoms with Crippen LogP contribution in [0.2, 0.25) is 0 Å². The fourth-order valence-electron chi connectivity index (χ4n) is 3.57. The number of halogens is 1. The third kappa shape index (κ3) is 4.00. The maximum Gasteiger partial charge on any atom is 0.258 e. The molecular weight excluding hydrogens is 344 g/mol.